The number of ether oxygens (including phenoxy) is 2. The lowest BCUT2D eigenvalue weighted by Crippen LogP contribution is -2.64. The Morgan fingerprint density at radius 3 is 1.20 bits per heavy atom. The maximum Gasteiger partial charge on any atom is 0.428 e. The van der Waals surface area contributed by atoms with E-state index in [4.69, 9.17) is 9.47 Å². The quantitative estimate of drug-likeness (QED) is 0.0283. The van der Waals surface area contributed by atoms with Gasteiger partial charge in [0.2, 0.25) is 0 Å². The van der Waals surface area contributed by atoms with Crippen LogP contribution in [0, 0.1) is 47.3 Å². The zero-order valence-corrected chi connectivity index (χ0v) is 70.6. The number of rotatable bonds is 21. The third-order valence-corrected chi connectivity index (χ3v) is 34.9. The molecule has 8 fully saturated rings. The van der Waals surface area contributed by atoms with Gasteiger partial charge in [0.15, 0.2) is 54.8 Å². The van der Waals surface area contributed by atoms with Crippen LogP contribution in [0.3, 0.4) is 0 Å². The van der Waals surface area contributed by atoms with E-state index in [-0.39, 0.29) is 62.7 Å². The Bertz CT molecular complexity index is 4650. The van der Waals surface area contributed by atoms with Crippen LogP contribution in [0.15, 0.2) is 188 Å². The predicted molar refractivity (Wildman–Crippen MR) is 431 cm³/mol. The van der Waals surface area contributed by atoms with Crippen LogP contribution >= 0.6 is 0 Å². The Hall–Kier alpha value is -5.35. The number of hydrogen-bond acceptors (Lipinski definition) is 13. The molecule has 8 aliphatic rings. The molecule has 14 nitrogen and oxygen atoms in total. The van der Waals surface area contributed by atoms with Gasteiger partial charge in [0.1, 0.15) is 40.1 Å². The van der Waals surface area contributed by atoms with E-state index in [1.165, 1.54) is 91.3 Å². The van der Waals surface area contributed by atoms with E-state index in [2.05, 4.69) is 191 Å². The molecular formula is C84H103F10NO13S7. The van der Waals surface area contributed by atoms with E-state index < -0.39 is 93.2 Å². The number of piperidine rings is 1. The fourth-order valence-corrected chi connectivity index (χ4v) is 27.1. The molecule has 31 heteroatoms. The molecule has 7 aromatic carbocycles. The average molecular weight is 1750 g/mol. The molecule has 0 N–H and O–H groups in total. The largest absolute Gasteiger partial charge is 0.743 e. The first-order valence-corrected chi connectivity index (χ1v) is 49.4. The summed E-state index contributed by atoms with van der Waals surface area (Å²) in [6, 6.07) is 58.6. The van der Waals surface area contributed by atoms with Crippen molar-refractivity contribution in [3.63, 3.8) is 0 Å². The SMILES string of the molecule is CC(C)(C)Oc1ccc([S+]2CCCC2)c2ccccc12.CCCCOc1ccc([S+]2CCCC2)c2ccccc12.O=S(=O)([O-])C(F)(F)C(F)(F)C(F)(F)S(=O)(=O)N1CCC2CCCCC2C1.O=S(=O)([O-])C(F)(F)CC1CC2CCC1C2.O=S(=O)([O-])C(F)(F)CC1CC2CCC1C2.c1ccc([S+](c2ccccc2)c2ccccc2)cc1. The van der Waals surface area contributed by atoms with Crippen molar-refractivity contribution in [3.05, 3.63) is 164 Å². The van der Waals surface area contributed by atoms with Crippen molar-refractivity contribution in [1.29, 1.82) is 0 Å². The number of fused-ring (bicyclic) bond motifs is 7. The monoisotopic (exact) mass is 1750 g/mol. The van der Waals surface area contributed by atoms with Crippen LogP contribution in [-0.2, 0) is 73.1 Å². The van der Waals surface area contributed by atoms with Crippen LogP contribution < -0.4 is 9.47 Å². The smallest absolute Gasteiger partial charge is 0.428 e. The molecule has 8 atom stereocenters. The average Bonchev–Trinajstić information content (AvgIpc) is 1.62. The maximum absolute atomic E-state index is 14.0. The van der Waals surface area contributed by atoms with Crippen LogP contribution in [0.25, 0.3) is 21.5 Å². The summed E-state index contributed by atoms with van der Waals surface area (Å²) in [6.45, 7) is 8.22. The van der Waals surface area contributed by atoms with E-state index in [0.29, 0.717) is 59.3 Å². The fraction of sp³-hybridized carbons (Fsp3) is 0.548. The van der Waals surface area contributed by atoms with Crippen molar-refractivity contribution in [3.8, 4) is 11.5 Å². The first-order chi connectivity index (χ1) is 54.1. The van der Waals surface area contributed by atoms with E-state index in [1.807, 2.05) is 0 Å². The van der Waals surface area contributed by atoms with E-state index >= 15 is 0 Å². The van der Waals surface area contributed by atoms with Gasteiger partial charge in [-0.15, -0.1) is 0 Å². The van der Waals surface area contributed by atoms with Crippen molar-refractivity contribution in [2.45, 2.75) is 220 Å². The van der Waals surface area contributed by atoms with Crippen molar-refractivity contribution >= 4 is 94.6 Å². The second-order valence-electron chi connectivity index (χ2n) is 32.1. The summed E-state index contributed by atoms with van der Waals surface area (Å²) in [5, 5.41) is -16.1. The van der Waals surface area contributed by atoms with Gasteiger partial charge in [0, 0.05) is 69.3 Å². The Kier molecular flexibility index (Phi) is 30.8. The second-order valence-corrected chi connectivity index (χ2v) is 45.0. The van der Waals surface area contributed by atoms with Gasteiger partial charge in [-0.05, 0) is 224 Å². The maximum atomic E-state index is 14.0. The minimum absolute atomic E-state index is 0.0130. The molecule has 0 spiro atoms. The Morgan fingerprint density at radius 1 is 0.435 bits per heavy atom. The number of sulfonamides is 1. The molecule has 5 aliphatic carbocycles. The Labute approximate surface area is 679 Å². The highest BCUT2D eigenvalue weighted by Gasteiger charge is 2.81. The molecule has 3 heterocycles. The summed E-state index contributed by atoms with van der Waals surface area (Å²) in [5.74, 6) is 1.08. The molecule has 634 valence electrons. The third-order valence-electron chi connectivity index (χ3n) is 22.9. The molecule has 3 saturated heterocycles. The summed E-state index contributed by atoms with van der Waals surface area (Å²) in [6.07, 6.45) is 16.3. The number of benzene rings is 7. The molecule has 0 radical (unpaired) electrons. The number of unbranched alkanes of at least 4 members (excludes halogenated alkanes) is 1. The molecule has 7 aromatic rings. The van der Waals surface area contributed by atoms with Gasteiger partial charge in [0.25, 0.3) is 10.0 Å². The van der Waals surface area contributed by atoms with Gasteiger partial charge in [-0.3, -0.25) is 0 Å². The zero-order valence-electron chi connectivity index (χ0n) is 64.9. The molecule has 3 aliphatic heterocycles. The number of hydrogen-bond donors (Lipinski definition) is 0. The Balaban J connectivity index is 0.000000147. The molecule has 115 heavy (non-hydrogen) atoms. The van der Waals surface area contributed by atoms with Crippen molar-refractivity contribution < 1.29 is 101 Å². The lowest BCUT2D eigenvalue weighted by atomic mass is 9.76. The molecule has 15 rings (SSSR count). The number of halogens is 10. The highest BCUT2D eigenvalue weighted by Crippen LogP contribution is 2.55. The third kappa shape index (κ3) is 22.4. The highest BCUT2D eigenvalue weighted by molar-refractivity contribution is 7.98. The van der Waals surface area contributed by atoms with E-state index in [0.717, 1.165) is 75.9 Å². The van der Waals surface area contributed by atoms with Crippen LogP contribution in [0.1, 0.15) is 163 Å². The van der Waals surface area contributed by atoms with Crippen molar-refractivity contribution in [2.75, 3.05) is 42.7 Å². The van der Waals surface area contributed by atoms with Gasteiger partial charge in [-0.1, -0.05) is 136 Å². The first kappa shape index (κ1) is 91.9. The van der Waals surface area contributed by atoms with Gasteiger partial charge in [-0.2, -0.15) is 48.2 Å². The second kappa shape index (κ2) is 38.6. The van der Waals surface area contributed by atoms with Gasteiger partial charge < -0.3 is 23.1 Å². The number of nitrogens with zero attached hydrogens (tertiary/aromatic N) is 1. The van der Waals surface area contributed by atoms with E-state index in [1.54, 1.807) is 9.79 Å². The lowest BCUT2D eigenvalue weighted by Gasteiger charge is -2.42. The molecule has 0 aromatic heterocycles. The molecular weight excluding hydrogens is 1650 g/mol. The highest BCUT2D eigenvalue weighted by atomic mass is 32.2. The summed E-state index contributed by atoms with van der Waals surface area (Å²) in [7, 11) is -23.7. The summed E-state index contributed by atoms with van der Waals surface area (Å²) >= 11 is 0. The summed E-state index contributed by atoms with van der Waals surface area (Å²) in [5.41, 5.74) is -0.153. The van der Waals surface area contributed by atoms with Gasteiger partial charge >= 0.3 is 26.9 Å². The lowest BCUT2D eigenvalue weighted by molar-refractivity contribution is -0.247. The summed E-state index contributed by atoms with van der Waals surface area (Å²) in [4.78, 5) is 7.18. The van der Waals surface area contributed by atoms with E-state index in [9.17, 15) is 91.2 Å². The normalized spacial score (nSPS) is 23.0. The van der Waals surface area contributed by atoms with Gasteiger partial charge in [0.05, 0.1) is 17.5 Å². The number of alkyl halides is 10. The molecule has 0 amide bonds. The Morgan fingerprint density at radius 2 is 0.826 bits per heavy atom. The van der Waals surface area contributed by atoms with Crippen LogP contribution in [0.5, 0.6) is 11.5 Å². The fourth-order valence-electron chi connectivity index (χ4n) is 17.2. The van der Waals surface area contributed by atoms with Crippen molar-refractivity contribution in [2.24, 2.45) is 47.3 Å². The minimum atomic E-state index is -7.25. The zero-order chi connectivity index (χ0) is 83.6. The van der Waals surface area contributed by atoms with Crippen LogP contribution in [0.2, 0.25) is 0 Å². The minimum Gasteiger partial charge on any atom is -0.743 e. The summed E-state index contributed by atoms with van der Waals surface area (Å²) < 4.78 is 262. The van der Waals surface area contributed by atoms with Crippen molar-refractivity contribution in [1.82, 2.24) is 4.31 Å². The molecule has 5 saturated carbocycles. The molecule has 4 bridgehead atoms. The first-order valence-electron chi connectivity index (χ1n) is 39.4. The standard InChI is InChI=1S/2C18H23OS.C18H15S.C12H17F6NO5S2.2C9H14F2O3S/c1-18(2,3)19-16-10-11-17(20-12-6-7-13-20)15-9-5-4-8-14(15)16;1-2-3-12-19-17-10-11-18(20-13-6-7-14-20)16-9-5-4-8-15(16)17;1-4-10-16(11-5-1)19(17-12-6-2-7-13-17)18-14-8-3-9-15-18;13-10(14,12(17,18)26(22,23)24)11(15,16)25(20,21)19-6-5-8-3-1-2-4-9(8)7-19;2*10-9(11,15(12,13)14)5-8-4-6-1-2-7(8)3-6/h4-5,8-11H,6-7,12-13H2,1-3H3;4-5,8-11H,2-3,6-7,12-14H2,1H3;1-15H;8-9H,1-7H2,(H,22,23,24);2*6-8H,1-5H2,(H,12,13,14)/q3*+1;;;/p-3. The molecule has 8 unspecified atom stereocenters. The van der Waals surface area contributed by atoms with Gasteiger partial charge in [-0.25, -0.2) is 33.7 Å². The topological polar surface area (TPSA) is 227 Å². The van der Waals surface area contributed by atoms with Crippen LogP contribution in [0.4, 0.5) is 43.9 Å². The predicted octanol–water partition coefficient (Wildman–Crippen LogP) is 20.5. The van der Waals surface area contributed by atoms with Crippen LogP contribution in [-0.4, -0.2) is 127 Å².